The van der Waals surface area contributed by atoms with Gasteiger partial charge in [0, 0.05) is 20.6 Å². The van der Waals surface area contributed by atoms with Crippen molar-refractivity contribution >= 4 is 50.3 Å². The fraction of sp³-hybridized carbons (Fsp3) is 0. The second-order valence-corrected chi connectivity index (χ2v) is 4.77. The molecule has 1 aromatic carbocycles. The van der Waals surface area contributed by atoms with E-state index in [1.165, 1.54) is 11.3 Å². The Labute approximate surface area is 92.3 Å². The fourth-order valence-corrected chi connectivity index (χ4v) is 2.84. The maximum Gasteiger partial charge on any atom is 0.172 e. The molecule has 2 nitrogen and oxygen atoms in total. The lowest BCUT2D eigenvalue weighted by Crippen LogP contribution is -1.81. The van der Waals surface area contributed by atoms with Crippen molar-refractivity contribution in [2.75, 3.05) is 0 Å². The zero-order valence-electron chi connectivity index (χ0n) is 6.45. The van der Waals surface area contributed by atoms with Gasteiger partial charge in [-0.25, -0.2) is 0 Å². The molecular formula is C9H5IO2S. The van der Waals surface area contributed by atoms with Gasteiger partial charge in [0.25, 0.3) is 0 Å². The number of aldehydes is 1. The maximum absolute atomic E-state index is 10.7. The molecule has 0 atom stereocenters. The summed E-state index contributed by atoms with van der Waals surface area (Å²) >= 11 is 3.49. The lowest BCUT2D eigenvalue weighted by Gasteiger charge is -1.95. The van der Waals surface area contributed by atoms with Crippen molar-refractivity contribution in [1.82, 2.24) is 0 Å². The number of carbonyl (C=O) groups is 1. The Morgan fingerprint density at radius 2 is 2.23 bits per heavy atom. The number of rotatable bonds is 1. The normalized spacial score (nSPS) is 10.5. The van der Waals surface area contributed by atoms with Crippen LogP contribution in [0.3, 0.4) is 0 Å². The van der Waals surface area contributed by atoms with E-state index >= 15 is 0 Å². The van der Waals surface area contributed by atoms with Gasteiger partial charge in [-0.15, -0.1) is 0 Å². The van der Waals surface area contributed by atoms with Gasteiger partial charge in [0.05, 0.1) is 4.70 Å². The van der Waals surface area contributed by atoms with Crippen LogP contribution < -0.4 is 0 Å². The van der Waals surface area contributed by atoms with E-state index in [-0.39, 0.29) is 5.06 Å². The molecule has 1 N–H and O–H groups in total. The minimum Gasteiger partial charge on any atom is -0.499 e. The van der Waals surface area contributed by atoms with Crippen LogP contribution in [0.5, 0.6) is 5.06 Å². The first-order valence-corrected chi connectivity index (χ1v) is 5.48. The molecule has 0 fully saturated rings. The third-order valence-electron chi connectivity index (χ3n) is 1.78. The molecule has 1 aromatic heterocycles. The van der Waals surface area contributed by atoms with Crippen molar-refractivity contribution in [1.29, 1.82) is 0 Å². The fourth-order valence-electron chi connectivity index (χ4n) is 1.20. The highest BCUT2D eigenvalue weighted by molar-refractivity contribution is 14.1. The standard InChI is InChI=1S/C9H5IO2S/c10-7-2-1-5(4-11)6-3-8(12)13-9(6)7/h1-4,12H. The predicted octanol–water partition coefficient (Wildman–Crippen LogP) is 3.02. The van der Waals surface area contributed by atoms with E-state index in [1.807, 2.05) is 6.07 Å². The van der Waals surface area contributed by atoms with Crippen LogP contribution in [0.25, 0.3) is 10.1 Å². The monoisotopic (exact) mass is 304 g/mol. The van der Waals surface area contributed by atoms with Gasteiger partial charge >= 0.3 is 0 Å². The summed E-state index contributed by atoms with van der Waals surface area (Å²) in [4.78, 5) is 10.7. The Morgan fingerprint density at radius 1 is 1.46 bits per heavy atom. The third kappa shape index (κ3) is 1.44. The Morgan fingerprint density at radius 3 is 2.92 bits per heavy atom. The third-order valence-corrected chi connectivity index (χ3v) is 4.02. The van der Waals surface area contributed by atoms with E-state index in [1.54, 1.807) is 12.1 Å². The van der Waals surface area contributed by atoms with Crippen LogP contribution in [0.2, 0.25) is 0 Å². The first-order chi connectivity index (χ1) is 6.22. The molecule has 0 saturated heterocycles. The number of benzene rings is 1. The average Bonchev–Trinajstić information content (AvgIpc) is 2.48. The second kappa shape index (κ2) is 3.26. The van der Waals surface area contributed by atoms with E-state index in [0.29, 0.717) is 5.56 Å². The number of carbonyl (C=O) groups excluding carboxylic acids is 1. The molecular weight excluding hydrogens is 299 g/mol. The molecule has 2 rings (SSSR count). The topological polar surface area (TPSA) is 37.3 Å². The van der Waals surface area contributed by atoms with Crippen molar-refractivity contribution in [3.05, 3.63) is 27.3 Å². The van der Waals surface area contributed by atoms with Gasteiger partial charge in [0.15, 0.2) is 11.3 Å². The molecule has 66 valence electrons. The van der Waals surface area contributed by atoms with Crippen molar-refractivity contribution in [2.24, 2.45) is 0 Å². The predicted molar refractivity (Wildman–Crippen MR) is 61.6 cm³/mol. The van der Waals surface area contributed by atoms with Crippen LogP contribution in [0.1, 0.15) is 10.4 Å². The number of fused-ring (bicyclic) bond motifs is 1. The molecule has 4 heteroatoms. The number of hydrogen-bond acceptors (Lipinski definition) is 3. The average molecular weight is 304 g/mol. The minimum absolute atomic E-state index is 0.252. The van der Waals surface area contributed by atoms with Crippen molar-refractivity contribution in [2.45, 2.75) is 0 Å². The van der Waals surface area contributed by atoms with Gasteiger partial charge in [0.1, 0.15) is 0 Å². The molecule has 0 aliphatic heterocycles. The molecule has 0 bridgehead atoms. The molecule has 0 aliphatic carbocycles. The van der Waals surface area contributed by atoms with E-state index in [4.69, 9.17) is 0 Å². The van der Waals surface area contributed by atoms with Crippen LogP contribution in [0.15, 0.2) is 18.2 Å². The van der Waals surface area contributed by atoms with E-state index in [0.717, 1.165) is 19.9 Å². The highest BCUT2D eigenvalue weighted by Crippen LogP contribution is 2.35. The Hall–Kier alpha value is -0.620. The van der Waals surface area contributed by atoms with Crippen molar-refractivity contribution in [3.63, 3.8) is 0 Å². The maximum atomic E-state index is 10.7. The van der Waals surface area contributed by atoms with Crippen LogP contribution >= 0.6 is 33.9 Å². The number of aromatic hydroxyl groups is 1. The summed E-state index contributed by atoms with van der Waals surface area (Å²) in [6.45, 7) is 0. The second-order valence-electron chi connectivity index (χ2n) is 2.58. The Balaban J connectivity index is 2.91. The van der Waals surface area contributed by atoms with Crippen LogP contribution in [0.4, 0.5) is 0 Å². The first kappa shape index (κ1) is 8.96. The van der Waals surface area contributed by atoms with Gasteiger partial charge in [-0.05, 0) is 34.7 Å². The zero-order chi connectivity index (χ0) is 9.42. The molecule has 0 unspecified atom stereocenters. The summed E-state index contributed by atoms with van der Waals surface area (Å²) in [6.07, 6.45) is 0.810. The largest absolute Gasteiger partial charge is 0.499 e. The molecule has 0 amide bonds. The van der Waals surface area contributed by atoms with Crippen LogP contribution in [0, 0.1) is 3.57 Å². The van der Waals surface area contributed by atoms with Crippen molar-refractivity contribution < 1.29 is 9.90 Å². The summed E-state index contributed by atoms with van der Waals surface area (Å²) in [7, 11) is 0. The lowest BCUT2D eigenvalue weighted by molar-refractivity contribution is 0.112. The Bertz CT molecular complexity index is 476. The minimum atomic E-state index is 0.252. The molecule has 2 aromatic rings. The molecule has 1 heterocycles. The first-order valence-electron chi connectivity index (χ1n) is 3.58. The van der Waals surface area contributed by atoms with E-state index < -0.39 is 0 Å². The van der Waals surface area contributed by atoms with E-state index in [9.17, 15) is 9.90 Å². The highest BCUT2D eigenvalue weighted by Gasteiger charge is 2.07. The molecule has 0 radical (unpaired) electrons. The Kier molecular flexibility index (Phi) is 2.25. The number of halogens is 1. The van der Waals surface area contributed by atoms with Gasteiger partial charge in [0.2, 0.25) is 0 Å². The summed E-state index contributed by atoms with van der Waals surface area (Å²) in [6, 6.07) is 5.28. The zero-order valence-corrected chi connectivity index (χ0v) is 9.43. The molecule has 0 saturated carbocycles. The highest BCUT2D eigenvalue weighted by atomic mass is 127. The molecule has 13 heavy (non-hydrogen) atoms. The summed E-state index contributed by atoms with van der Waals surface area (Å²) in [5.74, 6) is 0. The number of thiophene rings is 1. The molecule has 0 aliphatic rings. The van der Waals surface area contributed by atoms with Gasteiger partial charge < -0.3 is 5.11 Å². The lowest BCUT2D eigenvalue weighted by atomic mass is 10.1. The smallest absolute Gasteiger partial charge is 0.172 e. The number of hydrogen-bond donors (Lipinski definition) is 1. The van der Waals surface area contributed by atoms with Gasteiger partial charge in [-0.1, -0.05) is 11.3 Å². The molecule has 0 spiro atoms. The summed E-state index contributed by atoms with van der Waals surface area (Å²) in [5.41, 5.74) is 0.631. The van der Waals surface area contributed by atoms with E-state index in [2.05, 4.69) is 22.6 Å². The SMILES string of the molecule is O=Cc1ccc(I)c2sc(O)cc12. The quantitative estimate of drug-likeness (QED) is 0.649. The summed E-state index contributed by atoms with van der Waals surface area (Å²) in [5, 5.41) is 10.4. The van der Waals surface area contributed by atoms with Crippen LogP contribution in [-0.2, 0) is 0 Å². The van der Waals surface area contributed by atoms with Gasteiger partial charge in [-0.2, -0.15) is 0 Å². The summed E-state index contributed by atoms with van der Waals surface area (Å²) < 4.78 is 2.03. The van der Waals surface area contributed by atoms with Crippen LogP contribution in [-0.4, -0.2) is 11.4 Å². The van der Waals surface area contributed by atoms with Crippen molar-refractivity contribution in [3.8, 4) is 5.06 Å². The van der Waals surface area contributed by atoms with Gasteiger partial charge in [-0.3, -0.25) is 4.79 Å².